The maximum absolute atomic E-state index is 13.3. The van der Waals surface area contributed by atoms with E-state index in [1.54, 1.807) is 12.2 Å². The molecule has 0 aliphatic carbocycles. The number of halogens is 2. The first-order chi connectivity index (χ1) is 19.7. The molecule has 0 saturated carbocycles. The van der Waals surface area contributed by atoms with Crippen LogP contribution in [0.1, 0.15) is 58.4 Å². The van der Waals surface area contributed by atoms with Gasteiger partial charge in [0, 0.05) is 30.1 Å². The number of hydrogen-bond donors (Lipinski definition) is 0. The first kappa shape index (κ1) is 30.6. The zero-order chi connectivity index (χ0) is 30.4. The van der Waals surface area contributed by atoms with Crippen LogP contribution in [0.3, 0.4) is 0 Å². The third kappa shape index (κ3) is 6.70. The molecule has 214 valence electrons. The first-order valence-corrected chi connectivity index (χ1v) is 16.0. The van der Waals surface area contributed by atoms with Crippen molar-refractivity contribution in [3.8, 4) is 11.3 Å². The quantitative estimate of drug-likeness (QED) is 0.159. The van der Waals surface area contributed by atoms with Gasteiger partial charge in [-0.25, -0.2) is 4.42 Å². The molecule has 0 bridgehead atoms. The molecule has 1 aliphatic rings. The van der Waals surface area contributed by atoms with Crippen LogP contribution in [0.25, 0.3) is 29.2 Å². The lowest BCUT2D eigenvalue weighted by Gasteiger charge is -2.29. The number of rotatable bonds is 4. The van der Waals surface area contributed by atoms with Gasteiger partial charge in [0.25, 0.3) is 0 Å². The van der Waals surface area contributed by atoms with E-state index in [2.05, 4.69) is 86.7 Å². The van der Waals surface area contributed by atoms with Crippen LogP contribution in [0, 0.1) is 18.5 Å². The summed E-state index contributed by atoms with van der Waals surface area (Å²) in [6.45, 7) is 12.5. The topological polar surface area (TPSA) is 54.7 Å². The second kappa shape index (κ2) is 11.7. The smallest absolute Gasteiger partial charge is 0.360 e. The second-order valence-corrected chi connectivity index (χ2v) is 15.2. The van der Waals surface area contributed by atoms with Crippen molar-refractivity contribution in [2.75, 3.05) is 0 Å². The second-order valence-electron chi connectivity index (χ2n) is 12.7. The Kier molecular flexibility index (Phi) is 8.51. The normalized spacial score (nSPS) is 15.6. The largest absolute Gasteiger partial charge is 0.461 e. The third-order valence-electron chi connectivity index (χ3n) is 7.11. The van der Waals surface area contributed by atoms with Gasteiger partial charge in [-0.2, -0.15) is 0 Å². The Morgan fingerprint density at radius 1 is 0.738 bits per heavy atom. The van der Waals surface area contributed by atoms with E-state index in [4.69, 9.17) is 9.15 Å². The summed E-state index contributed by atoms with van der Waals surface area (Å²) in [5, 5.41) is 0.403. The molecule has 0 saturated heterocycles. The first-order valence-electron chi connectivity index (χ1n) is 13.8. The number of allylic oxidation sites excluding steroid dienone is 3. The summed E-state index contributed by atoms with van der Waals surface area (Å²) >= 11 is 4.55. The molecule has 1 atom stereocenters. The summed E-state index contributed by atoms with van der Waals surface area (Å²) in [5.74, 6) is 2.75. The molecule has 0 radical (unpaired) electrons. The highest BCUT2D eigenvalue weighted by molar-refractivity contribution is 14.1. The molecule has 1 unspecified atom stereocenters. The zero-order valence-corrected chi connectivity index (χ0v) is 28.9. The van der Waals surface area contributed by atoms with Gasteiger partial charge in [0.2, 0.25) is 10.9 Å². The molecule has 0 N–H and O–H groups in total. The lowest BCUT2D eigenvalue weighted by atomic mass is 9.88. The molecule has 4 aromatic rings. The van der Waals surface area contributed by atoms with Gasteiger partial charge in [-0.1, -0.05) is 39.0 Å². The Labute approximate surface area is 273 Å². The molecule has 1 aliphatic heterocycles. The molecule has 2 heterocycles. The highest BCUT2D eigenvalue weighted by atomic mass is 127. The predicted molar refractivity (Wildman–Crippen MR) is 188 cm³/mol. The molecule has 5 rings (SSSR count). The maximum atomic E-state index is 13.3. The highest BCUT2D eigenvalue weighted by Gasteiger charge is 2.30. The van der Waals surface area contributed by atoms with Crippen molar-refractivity contribution in [3.05, 3.63) is 133 Å². The number of hydrogen-bond acceptors (Lipinski definition) is 3. The van der Waals surface area contributed by atoms with Gasteiger partial charge in [-0.3, -0.25) is 9.59 Å². The minimum absolute atomic E-state index is 0.190. The summed E-state index contributed by atoms with van der Waals surface area (Å²) in [6, 6.07) is 20.0. The van der Waals surface area contributed by atoms with E-state index in [1.165, 1.54) is 0 Å². The van der Waals surface area contributed by atoms with Crippen molar-refractivity contribution in [2.45, 2.75) is 47.0 Å². The number of benzene rings is 2. The van der Waals surface area contributed by atoms with Crippen LogP contribution in [0.5, 0.6) is 0 Å². The van der Waals surface area contributed by atoms with Crippen molar-refractivity contribution in [1.82, 2.24) is 0 Å². The lowest BCUT2D eigenvalue weighted by molar-refractivity contribution is 0.257. The molecule has 4 nitrogen and oxygen atoms in total. The Balaban J connectivity index is 1.58. The Hall–Kier alpha value is -2.85. The Bertz CT molecular complexity index is 1880. The molecule has 0 amide bonds. The van der Waals surface area contributed by atoms with Crippen molar-refractivity contribution in [3.63, 3.8) is 0 Å². The van der Waals surface area contributed by atoms with Crippen LogP contribution in [-0.4, -0.2) is 0 Å². The molecule has 6 heteroatoms. The molecular weight excluding hydrogens is 750 g/mol. The van der Waals surface area contributed by atoms with E-state index in [-0.39, 0.29) is 38.0 Å². The highest BCUT2D eigenvalue weighted by Crippen LogP contribution is 2.37. The molecule has 0 spiro atoms. The van der Waals surface area contributed by atoms with E-state index in [1.807, 2.05) is 72.8 Å². The van der Waals surface area contributed by atoms with Gasteiger partial charge in [0.15, 0.2) is 0 Å². The zero-order valence-electron chi connectivity index (χ0n) is 24.5. The van der Waals surface area contributed by atoms with E-state index in [0.717, 1.165) is 41.1 Å². The SMILES string of the molecule is CC(C)(C)C1=CC(C=c2c(=O)c(=Cc3cc(-c4ccc(I)cc4)[o+]c(C(C)(C)C)c3)c2=O)C=C(c2ccc(I)cc2)O1. The van der Waals surface area contributed by atoms with Crippen LogP contribution in [0.15, 0.2) is 92.6 Å². The number of ether oxygens (including phenoxy) is 1. The van der Waals surface area contributed by atoms with Crippen LogP contribution >= 0.6 is 45.2 Å². The van der Waals surface area contributed by atoms with Gasteiger partial charge in [0.05, 0.1) is 27.5 Å². The minimum Gasteiger partial charge on any atom is -0.461 e. The summed E-state index contributed by atoms with van der Waals surface area (Å²) in [7, 11) is 0. The monoisotopic (exact) mass is 783 g/mol. The van der Waals surface area contributed by atoms with Crippen molar-refractivity contribution in [2.24, 2.45) is 11.3 Å². The standard InChI is InChI=1S/C36H33I2O4/c1-35(2,3)31-19-21(17-29(41-31)23-7-11-25(37)12-8-23)15-27-33(39)28(34(27)40)16-22-18-30(24-9-13-26(38)14-10-24)42-32(20-22)36(4,5)6/h7-21H,1-6H3/q+1. The average Bonchev–Trinajstić information content (AvgIpc) is 2.94. The van der Waals surface area contributed by atoms with Crippen molar-refractivity contribution < 1.29 is 9.15 Å². The molecule has 0 fully saturated rings. The predicted octanol–water partition coefficient (Wildman–Crippen LogP) is 7.56. The fourth-order valence-electron chi connectivity index (χ4n) is 4.66. The van der Waals surface area contributed by atoms with E-state index >= 15 is 0 Å². The van der Waals surface area contributed by atoms with Crippen LogP contribution in [0.4, 0.5) is 0 Å². The fourth-order valence-corrected chi connectivity index (χ4v) is 5.38. The van der Waals surface area contributed by atoms with Crippen LogP contribution in [-0.2, 0) is 10.2 Å². The summed E-state index contributed by atoms with van der Waals surface area (Å²) < 4.78 is 14.8. The molecule has 42 heavy (non-hydrogen) atoms. The van der Waals surface area contributed by atoms with Crippen molar-refractivity contribution >= 4 is 63.1 Å². The minimum atomic E-state index is -0.258. The third-order valence-corrected chi connectivity index (χ3v) is 8.55. The van der Waals surface area contributed by atoms with Gasteiger partial charge in [-0.15, -0.1) is 0 Å². The van der Waals surface area contributed by atoms with E-state index in [0.29, 0.717) is 5.76 Å². The van der Waals surface area contributed by atoms with Crippen LogP contribution in [0.2, 0.25) is 0 Å². The summed E-state index contributed by atoms with van der Waals surface area (Å²) in [6.07, 6.45) is 7.42. The maximum Gasteiger partial charge on any atom is 0.360 e. The van der Waals surface area contributed by atoms with Gasteiger partial charge >= 0.3 is 11.5 Å². The fraction of sp³-hybridized carbons (Fsp3) is 0.250. The molecular formula is C36H33I2O4+. The molecule has 3 aromatic carbocycles. The summed E-state index contributed by atoms with van der Waals surface area (Å²) in [5.41, 5.74) is 1.67. The summed E-state index contributed by atoms with van der Waals surface area (Å²) in [4.78, 5) is 26.7. The van der Waals surface area contributed by atoms with Crippen molar-refractivity contribution in [1.29, 1.82) is 0 Å². The van der Waals surface area contributed by atoms with Crippen LogP contribution < -0.4 is 21.3 Å². The Morgan fingerprint density at radius 3 is 1.86 bits per heavy atom. The average molecular weight is 783 g/mol. The lowest BCUT2D eigenvalue weighted by Crippen LogP contribution is -2.64. The molecule has 1 aromatic heterocycles. The van der Waals surface area contributed by atoms with E-state index in [9.17, 15) is 9.59 Å². The van der Waals surface area contributed by atoms with Gasteiger partial charge in [0.1, 0.15) is 11.5 Å². The Morgan fingerprint density at radius 2 is 1.31 bits per heavy atom. The van der Waals surface area contributed by atoms with Gasteiger partial charge < -0.3 is 4.74 Å². The van der Waals surface area contributed by atoms with Gasteiger partial charge in [-0.05, 0) is 126 Å². The van der Waals surface area contributed by atoms with E-state index < -0.39 is 0 Å².